The number of likely N-dealkylation sites (tertiary alicyclic amines) is 1. The third-order valence-electron chi connectivity index (χ3n) is 7.14. The Labute approximate surface area is 272 Å². The summed E-state index contributed by atoms with van der Waals surface area (Å²) in [5, 5.41) is 34.7. The van der Waals surface area contributed by atoms with Crippen LogP contribution in [-0.4, -0.2) is 99.2 Å². The molecule has 4 rings (SSSR count). The highest BCUT2D eigenvalue weighted by Crippen LogP contribution is 2.21. The molecule has 3 aromatic rings. The number of alkyl halides is 1. The molecule has 3 amide bonds. The summed E-state index contributed by atoms with van der Waals surface area (Å²) in [6.45, 7) is 3.12. The van der Waals surface area contributed by atoms with Crippen molar-refractivity contribution in [2.45, 2.75) is 70.1 Å². The molecule has 14 heteroatoms. The highest BCUT2D eigenvalue weighted by molar-refractivity contribution is 5.95. The number of phenolic OH excluding ortho intramolecular Hbond substituents is 1. The van der Waals surface area contributed by atoms with Crippen molar-refractivity contribution in [1.29, 1.82) is 0 Å². The van der Waals surface area contributed by atoms with Crippen molar-refractivity contribution < 1.29 is 43.7 Å². The average molecular weight is 658 g/mol. The van der Waals surface area contributed by atoms with Gasteiger partial charge in [0.05, 0.1) is 6.61 Å². The number of carbonyl (C=O) groups is 5. The number of nitrogens with one attached hydrogen (secondary N) is 3. The van der Waals surface area contributed by atoms with E-state index in [0.717, 1.165) is 16.5 Å². The summed E-state index contributed by atoms with van der Waals surface area (Å²) in [4.78, 5) is 64.8. The molecule has 1 aliphatic heterocycles. The van der Waals surface area contributed by atoms with E-state index >= 15 is 0 Å². The number of rotatable bonds is 12. The lowest BCUT2D eigenvalue weighted by molar-refractivity contribution is -0.143. The summed E-state index contributed by atoms with van der Waals surface area (Å²) in [6.07, 6.45) is 4.11. The summed E-state index contributed by atoms with van der Waals surface area (Å²) in [5.41, 5.74) is 7.86. The first-order valence-electron chi connectivity index (χ1n) is 15.3. The minimum Gasteiger partial charge on any atom is -0.508 e. The van der Waals surface area contributed by atoms with Gasteiger partial charge in [-0.1, -0.05) is 50.6 Å². The molecule has 2 heterocycles. The van der Waals surface area contributed by atoms with Crippen LogP contribution in [0.25, 0.3) is 10.9 Å². The molecule has 0 aliphatic carbocycles. The van der Waals surface area contributed by atoms with Crippen molar-refractivity contribution in [3.63, 3.8) is 0 Å². The molecule has 256 valence electrons. The van der Waals surface area contributed by atoms with E-state index in [0.29, 0.717) is 18.4 Å². The van der Waals surface area contributed by atoms with Crippen LogP contribution in [0.3, 0.4) is 0 Å². The zero-order valence-corrected chi connectivity index (χ0v) is 26.5. The van der Waals surface area contributed by atoms with Crippen LogP contribution in [0.4, 0.5) is 4.39 Å². The molecule has 1 fully saturated rings. The largest absolute Gasteiger partial charge is 0.508 e. The van der Waals surface area contributed by atoms with Crippen molar-refractivity contribution in [2.75, 3.05) is 19.8 Å². The number of nitrogens with zero attached hydrogens (tertiary/aromatic N) is 1. The van der Waals surface area contributed by atoms with E-state index in [1.54, 1.807) is 18.3 Å². The molecule has 4 atom stereocenters. The number of aldehydes is 1. The van der Waals surface area contributed by atoms with Gasteiger partial charge in [-0.3, -0.25) is 14.4 Å². The second-order valence-corrected chi connectivity index (χ2v) is 10.9. The van der Waals surface area contributed by atoms with Crippen LogP contribution in [0.5, 0.6) is 5.75 Å². The van der Waals surface area contributed by atoms with Gasteiger partial charge in [-0.05, 0) is 42.2 Å². The second kappa shape index (κ2) is 19.6. The number of carboxylic acids is 1. The third kappa shape index (κ3) is 11.5. The lowest BCUT2D eigenvalue weighted by Gasteiger charge is -2.28. The van der Waals surface area contributed by atoms with Crippen molar-refractivity contribution in [3.05, 3.63) is 65.9 Å². The number of amides is 3. The zero-order valence-electron chi connectivity index (χ0n) is 26.5. The van der Waals surface area contributed by atoms with E-state index in [-0.39, 0.29) is 31.4 Å². The Bertz CT molecular complexity index is 1460. The number of halogens is 1. The molecular weight excluding hydrogens is 613 g/mol. The Balaban J connectivity index is 0.00000100. The normalized spacial score (nSPS) is 15.6. The fourth-order valence-electron chi connectivity index (χ4n) is 4.93. The van der Waals surface area contributed by atoms with Crippen molar-refractivity contribution >= 4 is 40.9 Å². The van der Waals surface area contributed by atoms with Crippen LogP contribution in [0.1, 0.15) is 44.2 Å². The number of fused-ring (bicyclic) bond motifs is 1. The molecule has 0 bridgehead atoms. The van der Waals surface area contributed by atoms with Crippen LogP contribution in [0.2, 0.25) is 0 Å². The number of para-hydroxylation sites is 1. The highest BCUT2D eigenvalue weighted by Gasteiger charge is 2.38. The minimum absolute atomic E-state index is 0.0283. The molecule has 1 aliphatic rings. The number of H-pyrrole nitrogens is 1. The highest BCUT2D eigenvalue weighted by atomic mass is 19.1. The number of carboxylic acid groups (broad SMARTS) is 1. The number of aliphatic hydroxyl groups excluding tert-OH is 1. The van der Waals surface area contributed by atoms with Crippen LogP contribution in [0, 0.1) is 0 Å². The number of aromatic hydroxyl groups is 1. The van der Waals surface area contributed by atoms with Gasteiger partial charge in [-0.25, -0.2) is 9.18 Å². The number of hydrogen-bond acceptors (Lipinski definition) is 8. The molecular formula is C33H44FN5O8. The van der Waals surface area contributed by atoms with Gasteiger partial charge in [0.2, 0.25) is 17.7 Å². The predicted octanol–water partition coefficient (Wildman–Crippen LogP) is 1.59. The summed E-state index contributed by atoms with van der Waals surface area (Å²) in [7, 11) is 0. The number of benzene rings is 2. The monoisotopic (exact) mass is 657 g/mol. The lowest BCUT2D eigenvalue weighted by atomic mass is 10.0. The summed E-state index contributed by atoms with van der Waals surface area (Å²) >= 11 is 0. The van der Waals surface area contributed by atoms with Gasteiger partial charge in [0.15, 0.2) is 6.29 Å². The van der Waals surface area contributed by atoms with Gasteiger partial charge in [-0.15, -0.1) is 0 Å². The molecule has 0 radical (unpaired) electrons. The Hall–Kier alpha value is -4.82. The smallest absolute Gasteiger partial charge is 0.326 e. The topological polar surface area (TPSA) is 215 Å². The van der Waals surface area contributed by atoms with Gasteiger partial charge >= 0.3 is 5.97 Å². The maximum Gasteiger partial charge on any atom is 0.326 e. The van der Waals surface area contributed by atoms with Crippen LogP contribution in [-0.2, 0) is 36.8 Å². The van der Waals surface area contributed by atoms with Gasteiger partial charge < -0.3 is 46.4 Å². The zero-order chi connectivity index (χ0) is 34.9. The third-order valence-corrected chi connectivity index (χ3v) is 7.14. The second-order valence-electron chi connectivity index (χ2n) is 10.9. The van der Waals surface area contributed by atoms with E-state index in [2.05, 4.69) is 29.5 Å². The Morgan fingerprint density at radius 3 is 2.30 bits per heavy atom. The molecule has 0 spiro atoms. The fourth-order valence-corrected chi connectivity index (χ4v) is 4.93. The molecule has 13 nitrogen and oxygen atoms in total. The Kier molecular flexibility index (Phi) is 16.0. The first kappa shape index (κ1) is 38.4. The Morgan fingerprint density at radius 1 is 1.06 bits per heavy atom. The first-order chi connectivity index (χ1) is 22.5. The average Bonchev–Trinajstić information content (AvgIpc) is 3.72. The summed E-state index contributed by atoms with van der Waals surface area (Å²) < 4.78 is 10.4. The van der Waals surface area contributed by atoms with E-state index in [1.165, 1.54) is 23.5 Å². The number of aromatic nitrogens is 1. The molecule has 1 aromatic heterocycles. The van der Waals surface area contributed by atoms with E-state index in [9.17, 15) is 38.9 Å². The minimum atomic E-state index is -1.30. The van der Waals surface area contributed by atoms with Gasteiger partial charge in [0.1, 0.15) is 36.6 Å². The van der Waals surface area contributed by atoms with E-state index < -0.39 is 61.1 Å². The number of carbonyl (C=O) groups excluding carboxylic acids is 4. The number of aromatic amines is 1. The molecule has 1 saturated heterocycles. The fraction of sp³-hybridized carbons (Fsp3) is 0.424. The quantitative estimate of drug-likeness (QED) is 0.141. The molecule has 2 aromatic carbocycles. The standard InChI is InChI=1S/C28H33N5O7.C3H8.C2H3FO/c29-20(15-34)27(38)33-11-3-6-24(33)26(37)31-22(13-17-14-30-21-5-2-1-4-19(17)21)25(36)32-23(28(39)40)12-16-7-9-18(35)10-8-16;1-3-2;3-1-2-4/h1-2,4-5,7-10,14,20,22-24,30,34-35H,3,6,11-13,15,29H2,(H,31,37)(H,32,36)(H,39,40);3H2,1-2H3;2H,1H2. The predicted molar refractivity (Wildman–Crippen MR) is 173 cm³/mol. The molecule has 0 saturated carbocycles. The van der Waals surface area contributed by atoms with E-state index in [4.69, 9.17) is 10.5 Å². The van der Waals surface area contributed by atoms with Crippen LogP contribution in [0.15, 0.2) is 54.7 Å². The van der Waals surface area contributed by atoms with Crippen molar-refractivity contribution in [2.24, 2.45) is 5.73 Å². The molecule has 8 N–H and O–H groups in total. The number of nitrogens with two attached hydrogens (primary N) is 1. The molecule has 4 unspecified atom stereocenters. The number of aliphatic carboxylic acids is 1. The van der Waals surface area contributed by atoms with Crippen LogP contribution >= 0.6 is 0 Å². The van der Waals surface area contributed by atoms with Gasteiger partial charge in [-0.2, -0.15) is 0 Å². The maximum atomic E-state index is 13.5. The van der Waals surface area contributed by atoms with E-state index in [1.807, 2.05) is 24.3 Å². The van der Waals surface area contributed by atoms with Crippen molar-refractivity contribution in [3.8, 4) is 5.75 Å². The number of hydrogen-bond donors (Lipinski definition) is 7. The first-order valence-corrected chi connectivity index (χ1v) is 15.3. The SMILES string of the molecule is CCC.NC(CO)C(=O)N1CCCC1C(=O)NC(Cc1c[nH]c2ccccc12)C(=O)NC(Cc1ccc(O)cc1)C(=O)O.O=CCF. The number of phenols is 1. The number of aliphatic hydroxyl groups is 1. The van der Waals surface area contributed by atoms with Gasteiger partial charge in [0, 0.05) is 36.5 Å². The van der Waals surface area contributed by atoms with Crippen molar-refractivity contribution in [1.82, 2.24) is 20.5 Å². The lowest BCUT2D eigenvalue weighted by Crippen LogP contribution is -2.57. The summed E-state index contributed by atoms with van der Waals surface area (Å²) in [5.74, 6) is -3.06. The Morgan fingerprint density at radius 2 is 1.70 bits per heavy atom. The molecule has 47 heavy (non-hydrogen) atoms. The van der Waals surface area contributed by atoms with Gasteiger partial charge in [0.25, 0.3) is 0 Å². The maximum absolute atomic E-state index is 13.5. The van der Waals surface area contributed by atoms with Crippen LogP contribution < -0.4 is 16.4 Å². The summed E-state index contributed by atoms with van der Waals surface area (Å²) in [6, 6.07) is 8.93.